The van der Waals surface area contributed by atoms with Gasteiger partial charge in [0.1, 0.15) is 0 Å². The first-order chi connectivity index (χ1) is 9.77. The summed E-state index contributed by atoms with van der Waals surface area (Å²) < 4.78 is 22.9. The van der Waals surface area contributed by atoms with Gasteiger partial charge in [-0.25, -0.2) is 13.4 Å². The molecule has 0 aliphatic heterocycles. The predicted molar refractivity (Wildman–Crippen MR) is 86.0 cm³/mol. The number of anilines is 1. The highest BCUT2D eigenvalue weighted by molar-refractivity contribution is 7.90. The minimum absolute atomic E-state index is 0.168. The van der Waals surface area contributed by atoms with Crippen LogP contribution < -0.4 is 5.73 Å². The van der Waals surface area contributed by atoms with Crippen molar-refractivity contribution >= 4 is 26.3 Å². The number of hydrogen-bond donors (Lipinski definition) is 1. The number of nitrogens with two attached hydrogens (primary N) is 1. The molecule has 21 heavy (non-hydrogen) atoms. The number of hydrogen-bond acceptors (Lipinski definition) is 6. The number of thiazole rings is 1. The van der Waals surface area contributed by atoms with Crippen molar-refractivity contribution in [3.05, 3.63) is 40.9 Å². The van der Waals surface area contributed by atoms with E-state index in [9.17, 15) is 8.42 Å². The van der Waals surface area contributed by atoms with E-state index in [-0.39, 0.29) is 6.04 Å². The highest BCUT2D eigenvalue weighted by atomic mass is 32.2. The predicted octanol–water partition coefficient (Wildman–Crippen LogP) is 2.32. The molecule has 1 heterocycles. The summed E-state index contributed by atoms with van der Waals surface area (Å²) in [6, 6.07) is 7.19. The highest BCUT2D eigenvalue weighted by Gasteiger charge is 2.14. The van der Waals surface area contributed by atoms with E-state index in [1.54, 1.807) is 18.3 Å². The molecule has 1 atom stereocenters. The van der Waals surface area contributed by atoms with E-state index in [0.717, 1.165) is 17.0 Å². The van der Waals surface area contributed by atoms with E-state index in [2.05, 4.69) is 16.8 Å². The van der Waals surface area contributed by atoms with Crippen molar-refractivity contribution in [1.29, 1.82) is 0 Å². The Morgan fingerprint density at radius 3 is 2.43 bits per heavy atom. The van der Waals surface area contributed by atoms with E-state index in [4.69, 9.17) is 5.73 Å². The Morgan fingerprint density at radius 2 is 1.95 bits per heavy atom. The zero-order chi connectivity index (χ0) is 15.6. The molecule has 0 bridgehead atoms. The maximum absolute atomic E-state index is 11.5. The zero-order valence-corrected chi connectivity index (χ0v) is 13.9. The molecule has 1 aromatic heterocycles. The first-order valence-corrected chi connectivity index (χ1v) is 9.18. The Labute approximate surface area is 129 Å². The van der Waals surface area contributed by atoms with Gasteiger partial charge in [-0.1, -0.05) is 12.1 Å². The summed E-state index contributed by atoms with van der Waals surface area (Å²) in [6.45, 7) is 2.84. The molecule has 2 rings (SSSR count). The lowest BCUT2D eigenvalue weighted by Crippen LogP contribution is -2.21. The van der Waals surface area contributed by atoms with Crippen LogP contribution in [-0.4, -0.2) is 31.6 Å². The molecular formula is C14H19N3O2S2. The van der Waals surface area contributed by atoms with Crippen molar-refractivity contribution in [2.45, 2.75) is 24.4 Å². The zero-order valence-electron chi connectivity index (χ0n) is 12.3. The summed E-state index contributed by atoms with van der Waals surface area (Å²) in [4.78, 5) is 7.66. The van der Waals surface area contributed by atoms with Gasteiger partial charge in [0.05, 0.1) is 4.90 Å². The molecule has 0 spiro atoms. The van der Waals surface area contributed by atoms with Gasteiger partial charge in [0.2, 0.25) is 0 Å². The van der Waals surface area contributed by atoms with Crippen molar-refractivity contribution in [3.8, 4) is 0 Å². The van der Waals surface area contributed by atoms with Crippen LogP contribution in [0.5, 0.6) is 0 Å². The number of nitrogen functional groups attached to an aromatic ring is 1. The van der Waals surface area contributed by atoms with Crippen molar-refractivity contribution in [2.75, 3.05) is 19.0 Å². The minimum Gasteiger partial charge on any atom is -0.375 e. The molecule has 0 fully saturated rings. The standard InChI is InChI=1S/C14H19N3O2S2/c1-10(17(2)9-12-8-16-14(15)20-12)11-4-6-13(7-5-11)21(3,18)19/h4-8,10H,9H2,1-3H3,(H2,15,16). The number of nitrogens with zero attached hydrogens (tertiary/aromatic N) is 2. The second-order valence-electron chi connectivity index (χ2n) is 5.10. The summed E-state index contributed by atoms with van der Waals surface area (Å²) in [7, 11) is -1.13. The largest absolute Gasteiger partial charge is 0.375 e. The van der Waals surface area contributed by atoms with Crippen LogP contribution in [0.3, 0.4) is 0 Å². The summed E-state index contributed by atoms with van der Waals surface area (Å²) in [5.41, 5.74) is 6.70. The summed E-state index contributed by atoms with van der Waals surface area (Å²) in [5.74, 6) is 0. The monoisotopic (exact) mass is 325 g/mol. The van der Waals surface area contributed by atoms with Gasteiger partial charge in [0.15, 0.2) is 15.0 Å². The highest BCUT2D eigenvalue weighted by Crippen LogP contribution is 2.24. The van der Waals surface area contributed by atoms with Crippen LogP contribution in [0.2, 0.25) is 0 Å². The Morgan fingerprint density at radius 1 is 1.33 bits per heavy atom. The van der Waals surface area contributed by atoms with Crippen LogP contribution in [-0.2, 0) is 16.4 Å². The molecule has 1 unspecified atom stereocenters. The van der Waals surface area contributed by atoms with Gasteiger partial charge in [-0.2, -0.15) is 0 Å². The van der Waals surface area contributed by atoms with Gasteiger partial charge >= 0.3 is 0 Å². The number of rotatable bonds is 5. The molecule has 5 nitrogen and oxygen atoms in total. The summed E-state index contributed by atoms with van der Waals surface area (Å²) in [6.07, 6.45) is 3.00. The Bertz CT molecular complexity index is 708. The SMILES string of the molecule is CC(c1ccc(S(C)(=O)=O)cc1)N(C)Cc1cnc(N)s1. The number of sulfone groups is 1. The van der Waals surface area contributed by atoms with Gasteiger partial charge < -0.3 is 5.73 Å². The summed E-state index contributed by atoms with van der Waals surface area (Å²) in [5, 5.41) is 0.573. The van der Waals surface area contributed by atoms with Gasteiger partial charge in [-0.15, -0.1) is 11.3 Å². The van der Waals surface area contributed by atoms with E-state index < -0.39 is 9.84 Å². The lowest BCUT2D eigenvalue weighted by atomic mass is 10.1. The number of benzene rings is 1. The maximum Gasteiger partial charge on any atom is 0.180 e. The molecule has 0 aliphatic rings. The fraction of sp³-hybridized carbons (Fsp3) is 0.357. The van der Waals surface area contributed by atoms with Crippen LogP contribution in [0.15, 0.2) is 35.4 Å². The smallest absolute Gasteiger partial charge is 0.180 e. The van der Waals surface area contributed by atoms with Gasteiger partial charge in [-0.3, -0.25) is 4.90 Å². The Kier molecular flexibility index (Phi) is 4.65. The fourth-order valence-corrected chi connectivity index (χ4v) is 3.40. The lowest BCUT2D eigenvalue weighted by Gasteiger charge is -2.24. The lowest BCUT2D eigenvalue weighted by molar-refractivity contribution is 0.255. The van der Waals surface area contributed by atoms with Gasteiger partial charge in [-0.05, 0) is 31.7 Å². The topological polar surface area (TPSA) is 76.3 Å². The molecule has 7 heteroatoms. The quantitative estimate of drug-likeness (QED) is 0.913. The second-order valence-corrected chi connectivity index (χ2v) is 8.26. The van der Waals surface area contributed by atoms with Gasteiger partial charge in [0.25, 0.3) is 0 Å². The minimum atomic E-state index is -3.15. The fourth-order valence-electron chi connectivity index (χ4n) is 2.03. The van der Waals surface area contributed by atoms with Crippen LogP contribution in [0.4, 0.5) is 5.13 Å². The molecule has 114 valence electrons. The number of aromatic nitrogens is 1. The maximum atomic E-state index is 11.5. The molecule has 0 amide bonds. The molecule has 0 aliphatic carbocycles. The first-order valence-electron chi connectivity index (χ1n) is 6.48. The Hall–Kier alpha value is -1.44. The molecular weight excluding hydrogens is 306 g/mol. The van der Waals surface area contributed by atoms with E-state index in [1.807, 2.05) is 19.2 Å². The van der Waals surface area contributed by atoms with Crippen molar-refractivity contribution in [2.24, 2.45) is 0 Å². The Balaban J connectivity index is 2.10. The van der Waals surface area contributed by atoms with Crippen LogP contribution in [0, 0.1) is 0 Å². The third kappa shape index (κ3) is 4.03. The average molecular weight is 325 g/mol. The van der Waals surface area contributed by atoms with Crippen LogP contribution in [0.25, 0.3) is 0 Å². The first kappa shape index (κ1) is 15.9. The van der Waals surface area contributed by atoms with Crippen molar-refractivity contribution in [3.63, 3.8) is 0 Å². The molecule has 2 aromatic rings. The molecule has 1 aromatic carbocycles. The van der Waals surface area contributed by atoms with Crippen LogP contribution >= 0.6 is 11.3 Å². The third-order valence-electron chi connectivity index (χ3n) is 3.43. The van der Waals surface area contributed by atoms with E-state index >= 15 is 0 Å². The average Bonchev–Trinajstić information content (AvgIpc) is 2.82. The second kappa shape index (κ2) is 6.13. The molecule has 0 saturated carbocycles. The normalized spacial score (nSPS) is 13.5. The molecule has 2 N–H and O–H groups in total. The van der Waals surface area contributed by atoms with Crippen molar-refractivity contribution in [1.82, 2.24) is 9.88 Å². The third-order valence-corrected chi connectivity index (χ3v) is 5.37. The van der Waals surface area contributed by atoms with Crippen molar-refractivity contribution < 1.29 is 8.42 Å². The molecule has 0 saturated heterocycles. The van der Waals surface area contributed by atoms with E-state index in [1.165, 1.54) is 17.6 Å². The summed E-state index contributed by atoms with van der Waals surface area (Å²) >= 11 is 1.48. The van der Waals surface area contributed by atoms with Gasteiger partial charge in [0, 0.05) is 29.9 Å². The molecule has 0 radical (unpaired) electrons. The van der Waals surface area contributed by atoms with E-state index in [0.29, 0.717) is 10.0 Å². The van der Waals surface area contributed by atoms with Crippen LogP contribution in [0.1, 0.15) is 23.4 Å².